The molecule has 0 saturated carbocycles. The van der Waals surface area contributed by atoms with Crippen LogP contribution >= 0.6 is 11.3 Å². The standard InChI is InChI=1S/C24H19F4N3O2S/c1-3-31-20(19(23(32)33)13(2)30-21(31)22-29-10-11-34-22)17-9-8-16(25)12-18(17)14-4-6-15(7-5-14)24(26,27)28/h4-12,20H,3H2,1-2H3,(H,32,33). The highest BCUT2D eigenvalue weighted by Crippen LogP contribution is 2.41. The predicted octanol–water partition coefficient (Wildman–Crippen LogP) is 6.15. The molecule has 1 aliphatic heterocycles. The molecule has 5 nitrogen and oxygen atoms in total. The molecule has 0 spiro atoms. The zero-order chi connectivity index (χ0) is 24.6. The summed E-state index contributed by atoms with van der Waals surface area (Å²) in [4.78, 5) is 22.9. The molecule has 34 heavy (non-hydrogen) atoms. The molecule has 1 aliphatic rings. The first-order valence-electron chi connectivity index (χ1n) is 10.3. The number of hydrogen-bond acceptors (Lipinski definition) is 5. The smallest absolute Gasteiger partial charge is 0.416 e. The van der Waals surface area contributed by atoms with Crippen LogP contribution in [-0.4, -0.2) is 33.3 Å². The lowest BCUT2D eigenvalue weighted by Crippen LogP contribution is -2.41. The van der Waals surface area contributed by atoms with Crippen molar-refractivity contribution in [3.63, 3.8) is 0 Å². The molecule has 2 aromatic carbocycles. The van der Waals surface area contributed by atoms with E-state index in [4.69, 9.17) is 0 Å². The number of aliphatic imine (C=N–C) groups is 1. The Balaban J connectivity index is 1.92. The van der Waals surface area contributed by atoms with Crippen LogP contribution in [0, 0.1) is 5.82 Å². The van der Waals surface area contributed by atoms with E-state index in [1.165, 1.54) is 41.7 Å². The average Bonchev–Trinajstić information content (AvgIpc) is 3.32. The highest BCUT2D eigenvalue weighted by molar-refractivity contribution is 7.11. The molecule has 1 N–H and O–H groups in total. The zero-order valence-electron chi connectivity index (χ0n) is 18.1. The second-order valence-electron chi connectivity index (χ2n) is 7.57. The number of hydrogen-bond donors (Lipinski definition) is 1. The van der Waals surface area contributed by atoms with Gasteiger partial charge in [-0.3, -0.25) is 0 Å². The number of amidine groups is 1. The molecule has 0 aliphatic carbocycles. The van der Waals surface area contributed by atoms with Gasteiger partial charge in [0.1, 0.15) is 5.82 Å². The van der Waals surface area contributed by atoms with Gasteiger partial charge in [0.15, 0.2) is 10.8 Å². The molecule has 1 atom stereocenters. The molecular weight excluding hydrogens is 470 g/mol. The van der Waals surface area contributed by atoms with Crippen molar-refractivity contribution in [3.8, 4) is 11.1 Å². The fraction of sp³-hybridized carbons (Fsp3) is 0.208. The van der Waals surface area contributed by atoms with Crippen molar-refractivity contribution in [3.05, 3.63) is 87.3 Å². The molecule has 0 bridgehead atoms. The third-order valence-electron chi connectivity index (χ3n) is 5.55. The normalized spacial score (nSPS) is 16.6. The number of halogens is 4. The maximum Gasteiger partial charge on any atom is 0.416 e. The number of benzene rings is 2. The number of carbonyl (C=O) groups is 1. The van der Waals surface area contributed by atoms with E-state index in [0.29, 0.717) is 34.1 Å². The summed E-state index contributed by atoms with van der Waals surface area (Å²) in [5.41, 5.74) is 0.506. The lowest BCUT2D eigenvalue weighted by atomic mass is 9.87. The van der Waals surface area contributed by atoms with E-state index in [9.17, 15) is 27.5 Å². The van der Waals surface area contributed by atoms with Crippen molar-refractivity contribution in [2.75, 3.05) is 6.54 Å². The molecule has 0 saturated heterocycles. The van der Waals surface area contributed by atoms with Crippen molar-refractivity contribution in [1.29, 1.82) is 0 Å². The SMILES string of the molecule is CCN1C(c2nccs2)=NC(C)=C(C(=O)O)C1c1ccc(F)cc1-c1ccc(C(F)(F)F)cc1. The van der Waals surface area contributed by atoms with Gasteiger partial charge in [0.2, 0.25) is 0 Å². The summed E-state index contributed by atoms with van der Waals surface area (Å²) in [5.74, 6) is -1.30. The Morgan fingerprint density at radius 1 is 1.18 bits per heavy atom. The van der Waals surface area contributed by atoms with Gasteiger partial charge in [-0.15, -0.1) is 11.3 Å². The van der Waals surface area contributed by atoms with Crippen LogP contribution in [0.4, 0.5) is 17.6 Å². The van der Waals surface area contributed by atoms with Crippen molar-refractivity contribution in [1.82, 2.24) is 9.88 Å². The average molecular weight is 489 g/mol. The van der Waals surface area contributed by atoms with Gasteiger partial charge in [-0.2, -0.15) is 13.2 Å². The van der Waals surface area contributed by atoms with E-state index in [1.54, 1.807) is 23.4 Å². The molecule has 2 heterocycles. The summed E-state index contributed by atoms with van der Waals surface area (Å²) in [6.07, 6.45) is -2.90. The zero-order valence-corrected chi connectivity index (χ0v) is 18.9. The number of alkyl halides is 3. The summed E-state index contributed by atoms with van der Waals surface area (Å²) in [6, 6.07) is 7.37. The third-order valence-corrected chi connectivity index (χ3v) is 6.32. The lowest BCUT2D eigenvalue weighted by molar-refractivity contribution is -0.137. The minimum atomic E-state index is -4.51. The van der Waals surface area contributed by atoms with Crippen LogP contribution in [0.1, 0.15) is 36.0 Å². The summed E-state index contributed by atoms with van der Waals surface area (Å²) in [5, 5.41) is 12.4. The Bertz CT molecular complexity index is 1280. The molecule has 4 rings (SSSR count). The number of rotatable bonds is 5. The minimum absolute atomic E-state index is 0.00178. The summed E-state index contributed by atoms with van der Waals surface area (Å²) in [6.45, 7) is 3.77. The van der Waals surface area contributed by atoms with Crippen LogP contribution in [0.2, 0.25) is 0 Å². The number of aromatic nitrogens is 1. The van der Waals surface area contributed by atoms with Crippen LogP contribution in [0.15, 0.2) is 70.3 Å². The number of likely N-dealkylation sites (N-methyl/N-ethyl adjacent to an activating group) is 1. The van der Waals surface area contributed by atoms with Gasteiger partial charge in [0.25, 0.3) is 0 Å². The summed E-state index contributed by atoms with van der Waals surface area (Å²) >= 11 is 1.34. The maximum atomic E-state index is 14.3. The van der Waals surface area contributed by atoms with Gasteiger partial charge in [0, 0.05) is 18.1 Å². The minimum Gasteiger partial charge on any atom is -0.478 e. The quantitative estimate of drug-likeness (QED) is 0.437. The Kier molecular flexibility index (Phi) is 6.26. The monoisotopic (exact) mass is 489 g/mol. The van der Waals surface area contributed by atoms with E-state index < -0.39 is 29.6 Å². The van der Waals surface area contributed by atoms with Crippen LogP contribution in [0.25, 0.3) is 11.1 Å². The van der Waals surface area contributed by atoms with Gasteiger partial charge in [-0.25, -0.2) is 19.2 Å². The van der Waals surface area contributed by atoms with Crippen LogP contribution in [0.5, 0.6) is 0 Å². The molecule has 0 fully saturated rings. The Morgan fingerprint density at radius 2 is 1.88 bits per heavy atom. The summed E-state index contributed by atoms with van der Waals surface area (Å²) < 4.78 is 53.5. The second-order valence-corrected chi connectivity index (χ2v) is 8.47. The molecule has 1 aromatic heterocycles. The van der Waals surface area contributed by atoms with E-state index in [2.05, 4.69) is 9.98 Å². The molecule has 10 heteroatoms. The van der Waals surface area contributed by atoms with Gasteiger partial charge in [-0.1, -0.05) is 18.2 Å². The van der Waals surface area contributed by atoms with E-state index in [0.717, 1.165) is 12.1 Å². The molecule has 0 radical (unpaired) electrons. The number of nitrogens with zero attached hydrogens (tertiary/aromatic N) is 3. The van der Waals surface area contributed by atoms with Gasteiger partial charge < -0.3 is 10.0 Å². The van der Waals surface area contributed by atoms with Gasteiger partial charge in [0.05, 0.1) is 22.9 Å². The molecule has 176 valence electrons. The van der Waals surface area contributed by atoms with Crippen molar-refractivity contribution < 1.29 is 27.5 Å². The Hall–Kier alpha value is -3.53. The number of allylic oxidation sites excluding steroid dienone is 1. The number of aliphatic carboxylic acids is 1. The van der Waals surface area contributed by atoms with Crippen LogP contribution < -0.4 is 0 Å². The van der Waals surface area contributed by atoms with E-state index in [-0.39, 0.29) is 11.3 Å². The number of carboxylic acid groups (broad SMARTS) is 1. The molecule has 1 unspecified atom stereocenters. The first-order valence-corrected chi connectivity index (χ1v) is 11.2. The number of carboxylic acids is 1. The van der Waals surface area contributed by atoms with Crippen molar-refractivity contribution in [2.45, 2.75) is 26.1 Å². The second kappa shape index (κ2) is 9.02. The summed E-state index contributed by atoms with van der Waals surface area (Å²) in [7, 11) is 0. The van der Waals surface area contributed by atoms with Crippen molar-refractivity contribution in [2.24, 2.45) is 4.99 Å². The fourth-order valence-electron chi connectivity index (χ4n) is 4.05. The highest BCUT2D eigenvalue weighted by atomic mass is 32.1. The molecular formula is C24H19F4N3O2S. The fourth-order valence-corrected chi connectivity index (χ4v) is 4.69. The van der Waals surface area contributed by atoms with Gasteiger partial charge in [-0.05, 0) is 54.8 Å². The van der Waals surface area contributed by atoms with Gasteiger partial charge >= 0.3 is 12.1 Å². The van der Waals surface area contributed by atoms with Crippen LogP contribution in [0.3, 0.4) is 0 Å². The van der Waals surface area contributed by atoms with E-state index >= 15 is 0 Å². The predicted molar refractivity (Wildman–Crippen MR) is 121 cm³/mol. The van der Waals surface area contributed by atoms with Crippen LogP contribution in [-0.2, 0) is 11.0 Å². The third kappa shape index (κ3) is 4.33. The maximum absolute atomic E-state index is 14.3. The first kappa shape index (κ1) is 23.6. The highest BCUT2D eigenvalue weighted by Gasteiger charge is 2.38. The molecule has 0 amide bonds. The topological polar surface area (TPSA) is 65.8 Å². The largest absolute Gasteiger partial charge is 0.478 e. The molecule has 3 aromatic rings. The Morgan fingerprint density at radius 3 is 2.44 bits per heavy atom. The lowest BCUT2D eigenvalue weighted by Gasteiger charge is -2.38. The Labute approximate surface area is 196 Å². The number of thiazole rings is 1. The van der Waals surface area contributed by atoms with E-state index in [1.807, 2.05) is 6.92 Å². The van der Waals surface area contributed by atoms with Crippen molar-refractivity contribution >= 4 is 23.1 Å². The first-order chi connectivity index (χ1) is 16.1.